The van der Waals surface area contributed by atoms with Crippen molar-refractivity contribution in [2.24, 2.45) is 0 Å². The van der Waals surface area contributed by atoms with Gasteiger partial charge in [-0.3, -0.25) is 9.69 Å². The number of rotatable bonds is 3. The summed E-state index contributed by atoms with van der Waals surface area (Å²) >= 11 is 1.37. The summed E-state index contributed by atoms with van der Waals surface area (Å²) in [6, 6.07) is 4.01. The minimum absolute atomic E-state index is 0.0834. The Morgan fingerprint density at radius 3 is 3.21 bits per heavy atom. The molecule has 0 radical (unpaired) electrons. The van der Waals surface area contributed by atoms with Gasteiger partial charge >= 0.3 is 0 Å². The van der Waals surface area contributed by atoms with Crippen molar-refractivity contribution in [1.82, 2.24) is 4.90 Å². The number of nitriles is 1. The van der Waals surface area contributed by atoms with E-state index in [1.54, 1.807) is 11.4 Å². The summed E-state index contributed by atoms with van der Waals surface area (Å²) in [5.74, 6) is -0.0834. The minimum Gasteiger partial charge on any atom is -0.376 e. The molecule has 0 unspecified atom stereocenters. The number of hydrogen-bond donors (Lipinski definition) is 1. The average molecular weight is 279 g/mol. The second-order valence-electron chi connectivity index (χ2n) is 4.75. The van der Waals surface area contributed by atoms with Crippen LogP contribution in [0.5, 0.6) is 0 Å². The summed E-state index contributed by atoms with van der Waals surface area (Å²) in [7, 11) is 0. The molecule has 0 saturated carbocycles. The first kappa shape index (κ1) is 14.0. The SMILES string of the molecule is C[C@@H]1CN(CC(=O)Nc2sccc2C#N)[C@H](C)CO1. The monoisotopic (exact) mass is 279 g/mol. The molecule has 1 aromatic rings. The normalized spacial score (nSPS) is 23.8. The molecule has 1 saturated heterocycles. The van der Waals surface area contributed by atoms with Gasteiger partial charge in [-0.15, -0.1) is 11.3 Å². The molecule has 6 heteroatoms. The Balaban J connectivity index is 1.92. The van der Waals surface area contributed by atoms with E-state index in [-0.39, 0.29) is 18.1 Å². The van der Waals surface area contributed by atoms with Crippen LogP contribution in [0.15, 0.2) is 11.4 Å². The molecule has 1 fully saturated rings. The maximum Gasteiger partial charge on any atom is 0.239 e. The lowest BCUT2D eigenvalue weighted by molar-refractivity contribution is -0.121. The highest BCUT2D eigenvalue weighted by Crippen LogP contribution is 2.22. The Morgan fingerprint density at radius 1 is 1.68 bits per heavy atom. The molecule has 1 aliphatic heterocycles. The third-order valence-electron chi connectivity index (χ3n) is 3.12. The van der Waals surface area contributed by atoms with Gasteiger partial charge in [-0.25, -0.2) is 0 Å². The van der Waals surface area contributed by atoms with Crippen molar-refractivity contribution in [2.75, 3.05) is 25.0 Å². The highest BCUT2D eigenvalue weighted by molar-refractivity contribution is 7.14. The molecule has 2 atom stereocenters. The number of morpholine rings is 1. The molecule has 19 heavy (non-hydrogen) atoms. The molecule has 1 aliphatic rings. The number of thiophene rings is 1. The average Bonchev–Trinajstić information content (AvgIpc) is 2.81. The van der Waals surface area contributed by atoms with E-state index in [9.17, 15) is 4.79 Å². The van der Waals surface area contributed by atoms with E-state index >= 15 is 0 Å². The molecule has 2 rings (SSSR count). The van der Waals surface area contributed by atoms with Gasteiger partial charge in [-0.05, 0) is 25.3 Å². The largest absolute Gasteiger partial charge is 0.376 e. The number of carbonyl (C=O) groups excluding carboxylic acids is 1. The molecule has 1 N–H and O–H groups in total. The number of anilines is 1. The zero-order chi connectivity index (χ0) is 13.8. The van der Waals surface area contributed by atoms with Gasteiger partial charge in [0, 0.05) is 12.6 Å². The topological polar surface area (TPSA) is 65.4 Å². The highest BCUT2D eigenvalue weighted by Gasteiger charge is 2.25. The first-order chi connectivity index (χ1) is 9.10. The van der Waals surface area contributed by atoms with Crippen LogP contribution in [0.4, 0.5) is 5.00 Å². The maximum absolute atomic E-state index is 12.0. The van der Waals surface area contributed by atoms with Crippen LogP contribution in [0.25, 0.3) is 0 Å². The minimum atomic E-state index is -0.0834. The van der Waals surface area contributed by atoms with Gasteiger partial charge in [0.25, 0.3) is 0 Å². The third-order valence-corrected chi connectivity index (χ3v) is 3.95. The summed E-state index contributed by atoms with van der Waals surface area (Å²) < 4.78 is 5.53. The van der Waals surface area contributed by atoms with Crippen LogP contribution in [0.2, 0.25) is 0 Å². The van der Waals surface area contributed by atoms with Crippen molar-refractivity contribution in [3.63, 3.8) is 0 Å². The van der Waals surface area contributed by atoms with E-state index in [0.29, 0.717) is 23.7 Å². The van der Waals surface area contributed by atoms with Gasteiger partial charge in [0.1, 0.15) is 11.1 Å². The molecule has 0 aliphatic carbocycles. The molecule has 1 aromatic heterocycles. The molecule has 2 heterocycles. The lowest BCUT2D eigenvalue weighted by Crippen LogP contribution is -2.50. The van der Waals surface area contributed by atoms with Crippen LogP contribution in [0.1, 0.15) is 19.4 Å². The third kappa shape index (κ3) is 3.53. The molecule has 0 spiro atoms. The van der Waals surface area contributed by atoms with E-state index in [4.69, 9.17) is 10.00 Å². The van der Waals surface area contributed by atoms with E-state index in [1.807, 2.05) is 13.8 Å². The van der Waals surface area contributed by atoms with E-state index in [2.05, 4.69) is 16.3 Å². The molecular formula is C13H17N3O2S. The number of nitrogens with one attached hydrogen (secondary N) is 1. The Kier molecular flexibility index (Phi) is 4.53. The fourth-order valence-electron chi connectivity index (χ4n) is 2.04. The first-order valence-corrected chi connectivity index (χ1v) is 7.11. The van der Waals surface area contributed by atoms with Gasteiger partial charge in [-0.1, -0.05) is 0 Å². The number of nitrogens with zero attached hydrogens (tertiary/aromatic N) is 2. The quantitative estimate of drug-likeness (QED) is 0.914. The predicted molar refractivity (Wildman–Crippen MR) is 74.1 cm³/mol. The molecule has 5 nitrogen and oxygen atoms in total. The van der Waals surface area contributed by atoms with Crippen LogP contribution in [0.3, 0.4) is 0 Å². The van der Waals surface area contributed by atoms with Gasteiger partial charge < -0.3 is 10.1 Å². The fraction of sp³-hybridized carbons (Fsp3) is 0.538. The smallest absolute Gasteiger partial charge is 0.239 e. The van der Waals surface area contributed by atoms with Crippen molar-refractivity contribution >= 4 is 22.2 Å². The maximum atomic E-state index is 12.0. The van der Waals surface area contributed by atoms with E-state index < -0.39 is 0 Å². The van der Waals surface area contributed by atoms with Crippen LogP contribution in [-0.2, 0) is 9.53 Å². The first-order valence-electron chi connectivity index (χ1n) is 6.23. The Labute approximate surface area is 116 Å². The highest BCUT2D eigenvalue weighted by atomic mass is 32.1. The summed E-state index contributed by atoms with van der Waals surface area (Å²) in [4.78, 5) is 14.1. The van der Waals surface area contributed by atoms with Crippen LogP contribution in [-0.4, -0.2) is 42.6 Å². The van der Waals surface area contributed by atoms with Crippen molar-refractivity contribution in [2.45, 2.75) is 26.0 Å². The Morgan fingerprint density at radius 2 is 2.47 bits per heavy atom. The summed E-state index contributed by atoms with van der Waals surface area (Å²) in [5, 5.41) is 14.1. The van der Waals surface area contributed by atoms with Crippen LogP contribution in [0, 0.1) is 11.3 Å². The number of ether oxygens (including phenoxy) is 1. The molecule has 0 bridgehead atoms. The predicted octanol–water partition coefficient (Wildman–Crippen LogP) is 1.67. The number of hydrogen-bond acceptors (Lipinski definition) is 5. The standard InChI is InChI=1S/C13H17N3O2S/c1-9-8-18-10(2)6-16(9)7-12(17)15-13-11(5-14)3-4-19-13/h3-4,9-10H,6-8H2,1-2H3,(H,15,17)/t9-,10-/m1/s1. The zero-order valence-electron chi connectivity index (χ0n) is 11.0. The van der Waals surface area contributed by atoms with Crippen molar-refractivity contribution in [3.05, 3.63) is 17.0 Å². The van der Waals surface area contributed by atoms with Gasteiger partial charge in [0.15, 0.2) is 0 Å². The van der Waals surface area contributed by atoms with E-state index in [0.717, 1.165) is 6.54 Å². The summed E-state index contributed by atoms with van der Waals surface area (Å²) in [6.45, 7) is 5.79. The fourth-order valence-corrected chi connectivity index (χ4v) is 2.79. The van der Waals surface area contributed by atoms with E-state index in [1.165, 1.54) is 11.3 Å². The van der Waals surface area contributed by atoms with Crippen molar-refractivity contribution < 1.29 is 9.53 Å². The Hall–Kier alpha value is -1.42. The van der Waals surface area contributed by atoms with Gasteiger partial charge in [-0.2, -0.15) is 5.26 Å². The number of amides is 1. The molecule has 1 amide bonds. The molecule has 0 aromatic carbocycles. The summed E-state index contributed by atoms with van der Waals surface area (Å²) in [6.07, 6.45) is 0.153. The number of carbonyl (C=O) groups is 1. The summed E-state index contributed by atoms with van der Waals surface area (Å²) in [5.41, 5.74) is 0.516. The van der Waals surface area contributed by atoms with Crippen molar-refractivity contribution in [1.29, 1.82) is 5.26 Å². The molecular weight excluding hydrogens is 262 g/mol. The van der Waals surface area contributed by atoms with Crippen LogP contribution < -0.4 is 5.32 Å². The lowest BCUT2D eigenvalue weighted by atomic mass is 10.2. The van der Waals surface area contributed by atoms with Crippen molar-refractivity contribution in [3.8, 4) is 6.07 Å². The van der Waals surface area contributed by atoms with Gasteiger partial charge in [0.05, 0.1) is 24.8 Å². The van der Waals surface area contributed by atoms with Gasteiger partial charge in [0.2, 0.25) is 5.91 Å². The molecule has 102 valence electrons. The second-order valence-corrected chi connectivity index (χ2v) is 5.66. The lowest BCUT2D eigenvalue weighted by Gasteiger charge is -2.36. The second kappa shape index (κ2) is 6.15. The Bertz CT molecular complexity index is 494. The van der Waals surface area contributed by atoms with Crippen LogP contribution >= 0.6 is 11.3 Å². The zero-order valence-corrected chi connectivity index (χ0v) is 11.9.